The maximum Gasteiger partial charge on any atom is 0.416 e. The number of fused-ring (bicyclic) bond motifs is 2. The first kappa shape index (κ1) is 19.9. The Kier molecular flexibility index (Phi) is 4.65. The van der Waals surface area contributed by atoms with Crippen LogP contribution in [-0.4, -0.2) is 26.3 Å². The van der Waals surface area contributed by atoms with Gasteiger partial charge in [0.1, 0.15) is 5.03 Å². The van der Waals surface area contributed by atoms with Crippen LogP contribution in [0.4, 0.5) is 18.9 Å². The summed E-state index contributed by atoms with van der Waals surface area (Å²) in [4.78, 5) is 8.79. The largest absolute Gasteiger partial charge is 0.416 e. The summed E-state index contributed by atoms with van der Waals surface area (Å²) in [5, 5.41) is 5.90. The van der Waals surface area contributed by atoms with E-state index in [0.29, 0.717) is 16.7 Å². The molecule has 0 bridgehead atoms. The van der Waals surface area contributed by atoms with Crippen molar-refractivity contribution in [3.05, 3.63) is 65.5 Å². The zero-order valence-corrected chi connectivity index (χ0v) is 17.6. The van der Waals surface area contributed by atoms with Gasteiger partial charge in [0, 0.05) is 41.2 Å². The topological polar surface area (TPSA) is 46.8 Å². The SMILES string of the molecule is Cc1cc(-c2ncc3cc(C(F)(F)F)ccc3n2)ccc1N1CCn2ncc(C)c2S1. The first-order valence-electron chi connectivity index (χ1n) is 9.72. The lowest BCUT2D eigenvalue weighted by Gasteiger charge is -2.29. The minimum atomic E-state index is -4.39. The van der Waals surface area contributed by atoms with Crippen LogP contribution in [0.15, 0.2) is 53.8 Å². The number of hydrogen-bond donors (Lipinski definition) is 0. The molecule has 1 aliphatic rings. The second-order valence-corrected chi connectivity index (χ2v) is 8.53. The van der Waals surface area contributed by atoms with Gasteiger partial charge in [-0.25, -0.2) is 9.97 Å². The average Bonchev–Trinajstić information content (AvgIpc) is 3.12. The third-order valence-electron chi connectivity index (χ3n) is 5.30. The van der Waals surface area contributed by atoms with Crippen LogP contribution in [0.1, 0.15) is 16.7 Å². The Labute approximate surface area is 181 Å². The summed E-state index contributed by atoms with van der Waals surface area (Å²) in [6.45, 7) is 5.76. The maximum atomic E-state index is 12.9. The van der Waals surface area contributed by atoms with Crippen LogP contribution in [0.25, 0.3) is 22.3 Å². The van der Waals surface area contributed by atoms with Gasteiger partial charge in [-0.3, -0.25) is 4.68 Å². The summed E-state index contributed by atoms with van der Waals surface area (Å²) >= 11 is 1.68. The van der Waals surface area contributed by atoms with Crippen molar-refractivity contribution in [1.29, 1.82) is 0 Å². The van der Waals surface area contributed by atoms with E-state index >= 15 is 0 Å². The van der Waals surface area contributed by atoms with Crippen LogP contribution >= 0.6 is 11.9 Å². The molecule has 0 saturated carbocycles. The van der Waals surface area contributed by atoms with Crippen molar-refractivity contribution < 1.29 is 13.2 Å². The fourth-order valence-corrected chi connectivity index (χ4v) is 4.79. The zero-order chi connectivity index (χ0) is 21.8. The van der Waals surface area contributed by atoms with Crippen LogP contribution < -0.4 is 4.31 Å². The van der Waals surface area contributed by atoms with E-state index in [2.05, 4.69) is 26.3 Å². The first-order chi connectivity index (χ1) is 14.8. The van der Waals surface area contributed by atoms with Gasteiger partial charge in [0.15, 0.2) is 5.82 Å². The van der Waals surface area contributed by atoms with Crippen molar-refractivity contribution in [1.82, 2.24) is 19.7 Å². The predicted molar refractivity (Wildman–Crippen MR) is 115 cm³/mol. The molecule has 5 rings (SSSR count). The van der Waals surface area contributed by atoms with Crippen LogP contribution in [0, 0.1) is 13.8 Å². The Balaban J connectivity index is 1.44. The number of halogens is 3. The second-order valence-electron chi connectivity index (χ2n) is 7.52. The molecule has 0 atom stereocenters. The lowest BCUT2D eigenvalue weighted by molar-refractivity contribution is -0.137. The van der Waals surface area contributed by atoms with Crippen molar-refractivity contribution in [2.45, 2.75) is 31.6 Å². The molecule has 0 N–H and O–H groups in total. The van der Waals surface area contributed by atoms with Gasteiger partial charge in [0.25, 0.3) is 0 Å². The highest BCUT2D eigenvalue weighted by Gasteiger charge is 2.30. The molecule has 0 saturated heterocycles. The Morgan fingerprint density at radius 1 is 0.968 bits per heavy atom. The summed E-state index contributed by atoms with van der Waals surface area (Å²) < 4.78 is 43.1. The Hall–Kier alpha value is -3.07. The third kappa shape index (κ3) is 3.63. The Morgan fingerprint density at radius 2 is 1.81 bits per heavy atom. The van der Waals surface area contributed by atoms with Gasteiger partial charge in [-0.15, -0.1) is 0 Å². The molecule has 0 spiro atoms. The number of anilines is 1. The van der Waals surface area contributed by atoms with Crippen LogP contribution in [0.2, 0.25) is 0 Å². The van der Waals surface area contributed by atoms with Crippen molar-refractivity contribution in [2.24, 2.45) is 0 Å². The highest BCUT2D eigenvalue weighted by atomic mass is 32.2. The number of rotatable bonds is 2. The number of alkyl halides is 3. The van der Waals surface area contributed by atoms with Crippen LogP contribution in [0.3, 0.4) is 0 Å². The molecule has 1 aliphatic heterocycles. The Morgan fingerprint density at radius 3 is 2.58 bits per heavy atom. The fraction of sp³-hybridized carbons (Fsp3) is 0.227. The standard InChI is InChI=1S/C22H18F3N5S/c1-13-9-15(3-6-19(13)30-8-7-29-21(31-30)14(2)11-27-29)20-26-12-16-10-17(22(23,24)25)4-5-18(16)28-20/h3-6,9-12H,7-8H2,1-2H3. The van der Waals surface area contributed by atoms with Gasteiger partial charge in [0.05, 0.1) is 29.5 Å². The van der Waals surface area contributed by atoms with E-state index in [1.165, 1.54) is 12.3 Å². The third-order valence-corrected chi connectivity index (χ3v) is 6.61. The number of aryl methyl sites for hydroxylation is 2. The van der Waals surface area contributed by atoms with Gasteiger partial charge < -0.3 is 4.31 Å². The van der Waals surface area contributed by atoms with Gasteiger partial charge in [-0.2, -0.15) is 18.3 Å². The molecule has 4 aromatic rings. The van der Waals surface area contributed by atoms with E-state index in [1.807, 2.05) is 36.0 Å². The molecule has 0 aliphatic carbocycles. The van der Waals surface area contributed by atoms with E-state index in [9.17, 15) is 13.2 Å². The van der Waals surface area contributed by atoms with E-state index < -0.39 is 11.7 Å². The fourth-order valence-electron chi connectivity index (χ4n) is 3.67. The molecule has 3 heterocycles. The molecular weight excluding hydrogens is 423 g/mol. The molecule has 158 valence electrons. The van der Waals surface area contributed by atoms with E-state index in [4.69, 9.17) is 0 Å². The molecule has 0 fully saturated rings. The lowest BCUT2D eigenvalue weighted by atomic mass is 10.1. The minimum Gasteiger partial charge on any atom is -0.309 e. The number of aromatic nitrogens is 4. The highest BCUT2D eigenvalue weighted by molar-refractivity contribution is 8.00. The molecule has 2 aromatic carbocycles. The van der Waals surface area contributed by atoms with Gasteiger partial charge in [-0.05, 0) is 55.8 Å². The van der Waals surface area contributed by atoms with E-state index in [1.54, 1.807) is 11.9 Å². The summed E-state index contributed by atoms with van der Waals surface area (Å²) in [5.74, 6) is 0.488. The summed E-state index contributed by atoms with van der Waals surface area (Å²) in [6.07, 6.45) is -1.06. The molecule has 0 unspecified atom stereocenters. The van der Waals surface area contributed by atoms with Crippen molar-refractivity contribution in [2.75, 3.05) is 10.8 Å². The van der Waals surface area contributed by atoms with Crippen molar-refractivity contribution >= 4 is 28.5 Å². The number of hydrogen-bond acceptors (Lipinski definition) is 5. The van der Waals surface area contributed by atoms with E-state index in [0.717, 1.165) is 52.6 Å². The number of benzene rings is 2. The smallest absolute Gasteiger partial charge is 0.309 e. The molecule has 0 amide bonds. The molecule has 2 aromatic heterocycles. The van der Waals surface area contributed by atoms with Crippen molar-refractivity contribution in [3.63, 3.8) is 0 Å². The lowest BCUT2D eigenvalue weighted by Crippen LogP contribution is -2.27. The monoisotopic (exact) mass is 441 g/mol. The minimum absolute atomic E-state index is 0.364. The average molecular weight is 441 g/mol. The van der Waals surface area contributed by atoms with Gasteiger partial charge in [-0.1, -0.05) is 0 Å². The predicted octanol–water partition coefficient (Wildman–Crippen LogP) is 5.66. The first-order valence-corrected chi connectivity index (χ1v) is 10.5. The molecule has 31 heavy (non-hydrogen) atoms. The zero-order valence-electron chi connectivity index (χ0n) is 16.8. The van der Waals surface area contributed by atoms with Crippen LogP contribution in [0.5, 0.6) is 0 Å². The van der Waals surface area contributed by atoms with Gasteiger partial charge in [0.2, 0.25) is 0 Å². The highest BCUT2D eigenvalue weighted by Crippen LogP contribution is 2.37. The summed E-state index contributed by atoms with van der Waals surface area (Å²) in [5.41, 5.74) is 3.94. The van der Waals surface area contributed by atoms with Gasteiger partial charge >= 0.3 is 6.18 Å². The normalized spacial score (nSPS) is 14.2. The molecule has 0 radical (unpaired) electrons. The second kappa shape index (κ2) is 7.26. The van der Waals surface area contributed by atoms with Crippen molar-refractivity contribution in [3.8, 4) is 11.4 Å². The summed E-state index contributed by atoms with van der Waals surface area (Å²) in [7, 11) is 0. The maximum absolute atomic E-state index is 12.9. The van der Waals surface area contributed by atoms with Crippen LogP contribution in [-0.2, 0) is 12.7 Å². The van der Waals surface area contributed by atoms with E-state index in [-0.39, 0.29) is 0 Å². The molecular formula is C22H18F3N5S. The molecule has 9 heteroatoms. The molecule has 5 nitrogen and oxygen atoms in total. The Bertz CT molecular complexity index is 1300. The quantitative estimate of drug-likeness (QED) is 0.376. The summed E-state index contributed by atoms with van der Waals surface area (Å²) in [6, 6.07) is 9.52. The number of nitrogens with zero attached hydrogens (tertiary/aromatic N) is 5.